The molecule has 0 aliphatic rings. The summed E-state index contributed by atoms with van der Waals surface area (Å²) in [6.07, 6.45) is 1.59. The van der Waals surface area contributed by atoms with Crippen LogP contribution in [-0.2, 0) is 11.2 Å². The van der Waals surface area contributed by atoms with Crippen LogP contribution in [0.4, 0.5) is 5.69 Å². The van der Waals surface area contributed by atoms with E-state index >= 15 is 0 Å². The second-order valence-electron chi connectivity index (χ2n) is 3.56. The zero-order valence-electron chi connectivity index (χ0n) is 9.29. The molecule has 0 unspecified atom stereocenters. The molecule has 0 fully saturated rings. The Bertz CT molecular complexity index is 566. The van der Waals surface area contributed by atoms with Gasteiger partial charge in [0.15, 0.2) is 5.69 Å². The average Bonchev–Trinajstić information content (AvgIpc) is 2.82. The van der Waals surface area contributed by atoms with E-state index in [0.29, 0.717) is 0 Å². The largest absolute Gasteiger partial charge is 0.476 e. The van der Waals surface area contributed by atoms with E-state index in [1.165, 1.54) is 23.6 Å². The number of amides is 1. The number of aromatic nitrogens is 1. The summed E-state index contributed by atoms with van der Waals surface area (Å²) < 4.78 is 0. The molecular formula is C12H10N2O3S. The highest BCUT2D eigenvalue weighted by molar-refractivity contribution is 7.08. The minimum atomic E-state index is -1.17. The molecule has 6 heteroatoms. The molecule has 0 bridgehead atoms. The van der Waals surface area contributed by atoms with Crippen LogP contribution in [0.25, 0.3) is 0 Å². The molecule has 0 radical (unpaired) electrons. The molecule has 0 aliphatic carbocycles. The summed E-state index contributed by atoms with van der Waals surface area (Å²) in [4.78, 5) is 26.4. The van der Waals surface area contributed by atoms with Crippen LogP contribution in [0.3, 0.4) is 0 Å². The lowest BCUT2D eigenvalue weighted by Crippen LogP contribution is -2.17. The van der Waals surface area contributed by atoms with E-state index in [4.69, 9.17) is 5.11 Å². The number of hydrogen-bond acceptors (Lipinski definition) is 4. The van der Waals surface area contributed by atoms with Gasteiger partial charge in [0.2, 0.25) is 5.91 Å². The Balaban J connectivity index is 2.09. The minimum Gasteiger partial charge on any atom is -0.476 e. The van der Waals surface area contributed by atoms with E-state index in [9.17, 15) is 9.59 Å². The van der Waals surface area contributed by atoms with Gasteiger partial charge in [0, 0.05) is 6.20 Å². The van der Waals surface area contributed by atoms with Crippen LogP contribution in [0.5, 0.6) is 0 Å². The number of carboxylic acids is 1. The van der Waals surface area contributed by atoms with Crippen molar-refractivity contribution in [1.82, 2.24) is 4.98 Å². The lowest BCUT2D eigenvalue weighted by Gasteiger charge is -2.06. The van der Waals surface area contributed by atoms with Gasteiger partial charge in [-0.25, -0.2) is 9.78 Å². The number of aromatic carboxylic acids is 1. The molecule has 2 rings (SSSR count). The van der Waals surface area contributed by atoms with Crippen molar-refractivity contribution in [2.45, 2.75) is 6.42 Å². The number of nitrogens with zero attached hydrogens (tertiary/aromatic N) is 1. The summed E-state index contributed by atoms with van der Waals surface area (Å²) >= 11 is 1.51. The topological polar surface area (TPSA) is 79.3 Å². The van der Waals surface area contributed by atoms with Gasteiger partial charge >= 0.3 is 5.97 Å². The van der Waals surface area contributed by atoms with Crippen LogP contribution in [0.2, 0.25) is 0 Å². The van der Waals surface area contributed by atoms with Crippen LogP contribution in [-0.4, -0.2) is 22.0 Å². The van der Waals surface area contributed by atoms with E-state index in [2.05, 4.69) is 10.3 Å². The number of carbonyl (C=O) groups excluding carboxylic acids is 1. The average molecular weight is 262 g/mol. The number of anilines is 1. The number of hydrogen-bond donors (Lipinski definition) is 2. The summed E-state index contributed by atoms with van der Waals surface area (Å²) in [5, 5.41) is 15.2. The van der Waals surface area contributed by atoms with Gasteiger partial charge < -0.3 is 10.4 Å². The van der Waals surface area contributed by atoms with Crippen LogP contribution >= 0.6 is 11.3 Å². The van der Waals surface area contributed by atoms with E-state index in [0.717, 1.165) is 5.56 Å². The van der Waals surface area contributed by atoms with Crippen molar-refractivity contribution < 1.29 is 14.7 Å². The second kappa shape index (κ2) is 5.42. The zero-order valence-corrected chi connectivity index (χ0v) is 10.1. The van der Waals surface area contributed by atoms with Crippen molar-refractivity contribution >= 4 is 28.9 Å². The standard InChI is InChI=1S/C12H10N2O3S/c15-10(6-8-3-5-18-7-8)14-9-2-1-4-13-11(9)12(16)17/h1-5,7H,6H2,(H,14,15)(H,16,17). The van der Waals surface area contributed by atoms with Crippen molar-refractivity contribution in [3.63, 3.8) is 0 Å². The van der Waals surface area contributed by atoms with Gasteiger partial charge in [-0.3, -0.25) is 4.79 Å². The van der Waals surface area contributed by atoms with Crippen LogP contribution in [0.1, 0.15) is 16.1 Å². The molecule has 0 spiro atoms. The molecule has 1 amide bonds. The molecule has 2 aromatic rings. The van der Waals surface area contributed by atoms with E-state index < -0.39 is 5.97 Å². The number of carbonyl (C=O) groups is 2. The summed E-state index contributed by atoms with van der Waals surface area (Å²) in [5.74, 6) is -1.43. The van der Waals surface area contributed by atoms with Crippen LogP contribution < -0.4 is 5.32 Å². The zero-order chi connectivity index (χ0) is 13.0. The quantitative estimate of drug-likeness (QED) is 0.883. The van der Waals surface area contributed by atoms with Gasteiger partial charge in [0.1, 0.15) is 0 Å². The van der Waals surface area contributed by atoms with Crippen LogP contribution in [0.15, 0.2) is 35.2 Å². The molecule has 0 aromatic carbocycles. The van der Waals surface area contributed by atoms with Crippen molar-refractivity contribution in [2.24, 2.45) is 0 Å². The monoisotopic (exact) mass is 262 g/mol. The fraction of sp³-hybridized carbons (Fsp3) is 0.0833. The van der Waals surface area contributed by atoms with Crippen molar-refractivity contribution in [3.8, 4) is 0 Å². The molecular weight excluding hydrogens is 252 g/mol. The third-order valence-corrected chi connectivity index (χ3v) is 2.96. The predicted octanol–water partition coefficient (Wildman–Crippen LogP) is 2.02. The smallest absolute Gasteiger partial charge is 0.356 e. The molecule has 5 nitrogen and oxygen atoms in total. The third-order valence-electron chi connectivity index (χ3n) is 2.23. The Morgan fingerprint density at radius 1 is 1.39 bits per heavy atom. The predicted molar refractivity (Wildman–Crippen MR) is 67.8 cm³/mol. The van der Waals surface area contributed by atoms with Gasteiger partial charge in [-0.15, -0.1) is 0 Å². The van der Waals surface area contributed by atoms with Gasteiger partial charge in [0.25, 0.3) is 0 Å². The summed E-state index contributed by atoms with van der Waals surface area (Å²) in [6.45, 7) is 0. The summed E-state index contributed by atoms with van der Waals surface area (Å²) in [7, 11) is 0. The molecule has 0 saturated carbocycles. The Labute approximate surface area is 107 Å². The van der Waals surface area contributed by atoms with E-state index in [1.807, 2.05) is 16.8 Å². The minimum absolute atomic E-state index is 0.156. The lowest BCUT2D eigenvalue weighted by molar-refractivity contribution is -0.115. The maximum atomic E-state index is 11.7. The first-order valence-electron chi connectivity index (χ1n) is 5.16. The molecule has 2 N–H and O–H groups in total. The van der Waals surface area contributed by atoms with Gasteiger partial charge in [-0.2, -0.15) is 11.3 Å². The van der Waals surface area contributed by atoms with E-state index in [-0.39, 0.29) is 23.7 Å². The van der Waals surface area contributed by atoms with Crippen molar-refractivity contribution in [3.05, 3.63) is 46.4 Å². The fourth-order valence-corrected chi connectivity index (χ4v) is 2.12. The summed E-state index contributed by atoms with van der Waals surface area (Å²) in [6, 6.07) is 4.94. The maximum Gasteiger partial charge on any atom is 0.356 e. The number of pyridine rings is 1. The lowest BCUT2D eigenvalue weighted by atomic mass is 10.2. The maximum absolute atomic E-state index is 11.7. The Morgan fingerprint density at radius 3 is 2.89 bits per heavy atom. The SMILES string of the molecule is O=C(Cc1ccsc1)Nc1cccnc1C(=O)O. The normalized spacial score (nSPS) is 10.0. The van der Waals surface area contributed by atoms with Crippen LogP contribution in [0, 0.1) is 0 Å². The number of nitrogens with one attached hydrogen (secondary N) is 1. The molecule has 0 saturated heterocycles. The fourth-order valence-electron chi connectivity index (χ4n) is 1.45. The first-order chi connectivity index (χ1) is 8.66. The molecule has 92 valence electrons. The Hall–Kier alpha value is -2.21. The third kappa shape index (κ3) is 2.92. The first kappa shape index (κ1) is 12.3. The first-order valence-corrected chi connectivity index (χ1v) is 6.10. The van der Waals surface area contributed by atoms with E-state index in [1.54, 1.807) is 6.07 Å². The van der Waals surface area contributed by atoms with Gasteiger partial charge in [-0.05, 0) is 34.5 Å². The second-order valence-corrected chi connectivity index (χ2v) is 4.34. The number of carboxylic acid groups (broad SMARTS) is 1. The molecule has 0 atom stereocenters. The molecule has 2 aromatic heterocycles. The summed E-state index contributed by atoms with van der Waals surface area (Å²) in [5.41, 5.74) is 0.958. The number of rotatable bonds is 4. The van der Waals surface area contributed by atoms with Crippen molar-refractivity contribution in [1.29, 1.82) is 0 Å². The molecule has 0 aliphatic heterocycles. The number of thiophene rings is 1. The highest BCUT2D eigenvalue weighted by Gasteiger charge is 2.13. The van der Waals surface area contributed by atoms with Gasteiger partial charge in [0.05, 0.1) is 12.1 Å². The molecule has 18 heavy (non-hydrogen) atoms. The highest BCUT2D eigenvalue weighted by atomic mass is 32.1. The van der Waals surface area contributed by atoms with Crippen molar-refractivity contribution in [2.75, 3.05) is 5.32 Å². The van der Waals surface area contributed by atoms with Gasteiger partial charge in [-0.1, -0.05) is 0 Å². The Kier molecular flexibility index (Phi) is 3.69. The molecule has 2 heterocycles. The highest BCUT2D eigenvalue weighted by Crippen LogP contribution is 2.13. The Morgan fingerprint density at radius 2 is 2.22 bits per heavy atom.